The molecule has 0 aromatic carbocycles. The van der Waals surface area contributed by atoms with Gasteiger partial charge in [-0.15, -0.1) is 0 Å². The third kappa shape index (κ3) is 5.81. The lowest BCUT2D eigenvalue weighted by molar-refractivity contribution is -0.0206. The van der Waals surface area contributed by atoms with E-state index in [1.54, 1.807) is 20.8 Å². The number of carbonyl (C=O) groups is 1. The van der Waals surface area contributed by atoms with E-state index in [1.807, 2.05) is 6.92 Å². The van der Waals surface area contributed by atoms with Crippen molar-refractivity contribution >= 4 is 30.3 Å². The van der Waals surface area contributed by atoms with Crippen molar-refractivity contribution in [3.63, 3.8) is 0 Å². The van der Waals surface area contributed by atoms with E-state index in [9.17, 15) is 14.4 Å². The van der Waals surface area contributed by atoms with Crippen LogP contribution in [0.3, 0.4) is 0 Å². The van der Waals surface area contributed by atoms with Crippen molar-refractivity contribution in [2.24, 2.45) is 0 Å². The molecule has 2 heterocycles. The van der Waals surface area contributed by atoms with Crippen molar-refractivity contribution < 1.29 is 18.7 Å². The third-order valence-corrected chi connectivity index (χ3v) is 11.2. The van der Waals surface area contributed by atoms with Gasteiger partial charge in [0.1, 0.15) is 11.8 Å². The molecule has 1 aliphatic rings. The number of halogens is 1. The molecule has 1 aromatic rings. The van der Waals surface area contributed by atoms with Gasteiger partial charge in [0.05, 0.1) is 12.2 Å². The van der Waals surface area contributed by atoms with Crippen LogP contribution in [0.4, 0.5) is 4.79 Å². The molecular weight excluding hydrogens is 496 g/mol. The van der Waals surface area contributed by atoms with E-state index in [2.05, 4.69) is 49.8 Å². The van der Waals surface area contributed by atoms with Crippen LogP contribution in [-0.2, 0) is 19.2 Å². The zero-order chi connectivity index (χ0) is 24.6. The highest BCUT2D eigenvalue weighted by Gasteiger charge is 2.45. The summed E-state index contributed by atoms with van der Waals surface area (Å²) in [5.41, 5.74) is -2.06. The SMILES string of the molecule is CC[C@H]1O[C@@H](n2cc(CBr)c(=O)n(C(=O)OC(C)(C)C)c2=O)C[C@@H]1O[Si](C)(C)C(C)(C)C. The highest BCUT2D eigenvalue weighted by molar-refractivity contribution is 9.08. The molecule has 1 saturated heterocycles. The summed E-state index contributed by atoms with van der Waals surface area (Å²) in [4.78, 5) is 38.6. The predicted molar refractivity (Wildman–Crippen MR) is 130 cm³/mol. The van der Waals surface area contributed by atoms with Crippen molar-refractivity contribution in [2.45, 2.75) is 109 Å². The van der Waals surface area contributed by atoms with Crippen molar-refractivity contribution in [1.29, 1.82) is 0 Å². The van der Waals surface area contributed by atoms with Gasteiger partial charge in [-0.3, -0.25) is 9.36 Å². The molecule has 2 rings (SSSR count). The maximum absolute atomic E-state index is 13.2. The molecule has 10 heteroatoms. The van der Waals surface area contributed by atoms with Gasteiger partial charge in [0, 0.05) is 23.5 Å². The molecular formula is C22H37BrN2O6Si. The first-order valence-corrected chi connectivity index (χ1v) is 15.0. The topological polar surface area (TPSA) is 88.8 Å². The number of rotatable bonds is 5. The average molecular weight is 534 g/mol. The summed E-state index contributed by atoms with van der Waals surface area (Å²) in [6, 6.07) is 0. The predicted octanol–water partition coefficient (Wildman–Crippen LogP) is 4.78. The van der Waals surface area contributed by atoms with Gasteiger partial charge in [-0.25, -0.2) is 9.59 Å². The lowest BCUT2D eigenvalue weighted by atomic mass is 10.1. The molecule has 32 heavy (non-hydrogen) atoms. The molecule has 0 N–H and O–H groups in total. The Morgan fingerprint density at radius 2 is 1.81 bits per heavy atom. The van der Waals surface area contributed by atoms with Crippen molar-refractivity contribution in [1.82, 2.24) is 9.13 Å². The summed E-state index contributed by atoms with van der Waals surface area (Å²) < 4.78 is 20.0. The Morgan fingerprint density at radius 1 is 1.22 bits per heavy atom. The number of hydrogen-bond donors (Lipinski definition) is 0. The molecule has 0 unspecified atom stereocenters. The van der Waals surface area contributed by atoms with Crippen LogP contribution in [0.1, 0.15) is 73.1 Å². The van der Waals surface area contributed by atoms with E-state index >= 15 is 0 Å². The monoisotopic (exact) mass is 532 g/mol. The van der Waals surface area contributed by atoms with Crippen LogP contribution in [0, 0.1) is 0 Å². The lowest BCUT2D eigenvalue weighted by Crippen LogP contribution is -2.47. The fourth-order valence-electron chi connectivity index (χ4n) is 3.30. The quantitative estimate of drug-likeness (QED) is 0.400. The van der Waals surface area contributed by atoms with Crippen LogP contribution in [0.15, 0.2) is 15.8 Å². The van der Waals surface area contributed by atoms with Crippen LogP contribution in [0.2, 0.25) is 18.1 Å². The van der Waals surface area contributed by atoms with Gasteiger partial charge in [0.2, 0.25) is 0 Å². The number of hydrogen-bond acceptors (Lipinski definition) is 6. The first kappa shape index (κ1) is 27.0. The van der Waals surface area contributed by atoms with E-state index in [-0.39, 0.29) is 28.1 Å². The minimum absolute atomic E-state index is 0.0350. The van der Waals surface area contributed by atoms with Gasteiger partial charge in [-0.2, -0.15) is 4.57 Å². The van der Waals surface area contributed by atoms with E-state index in [0.717, 1.165) is 6.42 Å². The summed E-state index contributed by atoms with van der Waals surface area (Å²) in [5, 5.41) is 0.218. The van der Waals surface area contributed by atoms with Gasteiger partial charge in [-0.05, 0) is 45.3 Å². The van der Waals surface area contributed by atoms with E-state index in [0.29, 0.717) is 11.0 Å². The summed E-state index contributed by atoms with van der Waals surface area (Å²) in [6.07, 6.45) is 0.646. The van der Waals surface area contributed by atoms with Crippen molar-refractivity contribution in [3.8, 4) is 0 Å². The Balaban J connectivity index is 2.47. The lowest BCUT2D eigenvalue weighted by Gasteiger charge is -2.39. The Morgan fingerprint density at radius 3 is 2.28 bits per heavy atom. The largest absolute Gasteiger partial charge is 0.443 e. The fraction of sp³-hybridized carbons (Fsp3) is 0.773. The van der Waals surface area contributed by atoms with Crippen LogP contribution in [0.25, 0.3) is 0 Å². The zero-order valence-corrected chi connectivity index (χ0v) is 23.2. The van der Waals surface area contributed by atoms with Gasteiger partial charge < -0.3 is 13.9 Å². The highest BCUT2D eigenvalue weighted by atomic mass is 79.9. The zero-order valence-electron chi connectivity index (χ0n) is 20.7. The molecule has 1 fully saturated rings. The second-order valence-corrected chi connectivity index (χ2v) is 16.1. The van der Waals surface area contributed by atoms with Crippen LogP contribution < -0.4 is 11.2 Å². The van der Waals surface area contributed by atoms with Crippen molar-refractivity contribution in [2.75, 3.05) is 0 Å². The van der Waals surface area contributed by atoms with Gasteiger partial charge in [-0.1, -0.05) is 43.6 Å². The fourth-order valence-corrected chi connectivity index (χ4v) is 5.05. The maximum atomic E-state index is 13.2. The van der Waals surface area contributed by atoms with Crippen molar-refractivity contribution in [3.05, 3.63) is 32.6 Å². The smallest absolute Gasteiger partial charge is 0.425 e. The molecule has 8 nitrogen and oxygen atoms in total. The first-order valence-electron chi connectivity index (χ1n) is 11.0. The Bertz CT molecular complexity index is 957. The summed E-state index contributed by atoms with van der Waals surface area (Å²) in [7, 11) is -2.06. The standard InChI is InChI=1S/C22H37BrN2O6Si/c1-10-15-16(31-32(8,9)22(5,6)7)11-17(29-15)24-13-14(12-23)18(26)25(19(24)27)20(28)30-21(2,3)4/h13,15-17H,10-12H2,1-9H3/t15-,16+,17-/m1/s1. The Kier molecular flexibility index (Phi) is 8.07. The molecule has 3 atom stereocenters. The number of alkyl halides is 1. The van der Waals surface area contributed by atoms with E-state index in [1.165, 1.54) is 10.8 Å². The first-order chi connectivity index (χ1) is 14.5. The van der Waals surface area contributed by atoms with Crippen LogP contribution >= 0.6 is 15.9 Å². The molecule has 0 bridgehead atoms. The number of ether oxygens (including phenoxy) is 2. The number of carbonyl (C=O) groups excluding carboxylic acids is 1. The number of nitrogens with zero attached hydrogens (tertiary/aromatic N) is 2. The van der Waals surface area contributed by atoms with Gasteiger partial charge in [0.25, 0.3) is 5.56 Å². The average Bonchev–Trinajstić information content (AvgIpc) is 3.01. The van der Waals surface area contributed by atoms with Gasteiger partial charge >= 0.3 is 11.8 Å². The van der Waals surface area contributed by atoms with Gasteiger partial charge in [0.15, 0.2) is 8.32 Å². The second kappa shape index (κ2) is 9.56. The Labute approximate surface area is 199 Å². The second-order valence-electron chi connectivity index (χ2n) is 10.8. The maximum Gasteiger partial charge on any atom is 0.425 e. The minimum atomic E-state index is -2.06. The van der Waals surface area contributed by atoms with Crippen LogP contribution in [-0.4, -0.2) is 41.4 Å². The molecule has 0 spiro atoms. The third-order valence-electron chi connectivity index (χ3n) is 6.05. The molecule has 0 amide bonds. The molecule has 182 valence electrons. The van der Waals surface area contributed by atoms with Crippen LogP contribution in [0.5, 0.6) is 0 Å². The summed E-state index contributed by atoms with van der Waals surface area (Å²) in [5.74, 6) is 0. The molecule has 0 radical (unpaired) electrons. The molecule has 0 aliphatic carbocycles. The highest BCUT2D eigenvalue weighted by Crippen LogP contribution is 2.41. The van der Waals surface area contributed by atoms with E-state index in [4.69, 9.17) is 13.9 Å². The molecule has 1 aliphatic heterocycles. The molecule has 0 saturated carbocycles. The van der Waals surface area contributed by atoms with E-state index < -0.39 is 37.5 Å². The normalized spacial score (nSPS) is 22.2. The summed E-state index contributed by atoms with van der Waals surface area (Å²) >= 11 is 3.28. The minimum Gasteiger partial charge on any atom is -0.443 e. The molecule has 1 aromatic heterocycles. The summed E-state index contributed by atoms with van der Waals surface area (Å²) in [6.45, 7) is 18.0. The Hall–Kier alpha value is -1.23. The number of aromatic nitrogens is 2.